The third kappa shape index (κ3) is 2.88. The second-order valence-electron chi connectivity index (χ2n) is 4.91. The van der Waals surface area contributed by atoms with Crippen molar-refractivity contribution in [1.29, 1.82) is 0 Å². The molecule has 0 aromatic heterocycles. The Morgan fingerprint density at radius 1 is 1.06 bits per heavy atom. The molecule has 0 radical (unpaired) electrons. The minimum atomic E-state index is -1.45. The largest absolute Gasteiger partial charge is 0.545 e. The molecule has 0 saturated heterocycles. The van der Waals surface area contributed by atoms with Gasteiger partial charge in [0.2, 0.25) is 5.91 Å². The predicted molar refractivity (Wildman–Crippen MR) is 59.4 cm³/mol. The average molecular weight is 251 g/mol. The van der Waals surface area contributed by atoms with Crippen molar-refractivity contribution in [1.82, 2.24) is 10.9 Å². The molecule has 6 nitrogen and oxygen atoms in total. The number of aliphatic carboxylic acids is 1. The van der Waals surface area contributed by atoms with Crippen LogP contribution in [-0.4, -0.2) is 17.8 Å². The second kappa shape index (κ2) is 5.20. The summed E-state index contributed by atoms with van der Waals surface area (Å²) in [6.07, 6.45) is 5.70. The lowest BCUT2D eigenvalue weighted by atomic mass is 9.88. The standard InChI is InChI=1S/C12H16N2O4/c15-10(3-4-11(16)17)13-14-12(18)9-6-7-1-2-8(9)5-7/h3-4,7-9H,1-2,5-6H2,(H,13,15)(H,14,18)(H,16,17)/p-1/b4-3+/t7-,8-,9+/m1/s1. The van der Waals surface area contributed by atoms with Crippen LogP contribution in [0.15, 0.2) is 12.2 Å². The van der Waals surface area contributed by atoms with Crippen LogP contribution in [0, 0.1) is 17.8 Å². The van der Waals surface area contributed by atoms with E-state index in [9.17, 15) is 19.5 Å². The van der Waals surface area contributed by atoms with Crippen molar-refractivity contribution in [3.8, 4) is 0 Å². The highest BCUT2D eigenvalue weighted by atomic mass is 16.4. The zero-order chi connectivity index (χ0) is 13.1. The molecule has 2 amide bonds. The Morgan fingerprint density at radius 2 is 1.83 bits per heavy atom. The van der Waals surface area contributed by atoms with Gasteiger partial charge >= 0.3 is 0 Å². The number of fused-ring (bicyclic) bond motifs is 2. The molecule has 2 N–H and O–H groups in total. The maximum Gasteiger partial charge on any atom is 0.262 e. The van der Waals surface area contributed by atoms with E-state index in [1.807, 2.05) is 0 Å². The van der Waals surface area contributed by atoms with Crippen LogP contribution in [0.5, 0.6) is 0 Å². The van der Waals surface area contributed by atoms with Crippen molar-refractivity contribution >= 4 is 17.8 Å². The first-order valence-corrected chi connectivity index (χ1v) is 6.05. The Kier molecular flexibility index (Phi) is 3.64. The van der Waals surface area contributed by atoms with Crippen LogP contribution < -0.4 is 16.0 Å². The van der Waals surface area contributed by atoms with E-state index < -0.39 is 11.9 Å². The first kappa shape index (κ1) is 12.6. The molecule has 0 aromatic rings. The van der Waals surface area contributed by atoms with Gasteiger partial charge in [0.25, 0.3) is 5.91 Å². The number of amides is 2. The molecule has 0 spiro atoms. The van der Waals surface area contributed by atoms with Crippen LogP contribution in [-0.2, 0) is 14.4 Å². The van der Waals surface area contributed by atoms with E-state index in [1.165, 1.54) is 6.42 Å². The van der Waals surface area contributed by atoms with E-state index in [4.69, 9.17) is 0 Å². The summed E-state index contributed by atoms with van der Waals surface area (Å²) in [7, 11) is 0. The molecule has 6 heteroatoms. The van der Waals surface area contributed by atoms with Gasteiger partial charge in [-0.25, -0.2) is 0 Å². The minimum Gasteiger partial charge on any atom is -0.545 e. The summed E-state index contributed by atoms with van der Waals surface area (Å²) in [4.78, 5) is 33.0. The van der Waals surface area contributed by atoms with Crippen LogP contribution in [0.2, 0.25) is 0 Å². The van der Waals surface area contributed by atoms with Gasteiger partial charge in [0.1, 0.15) is 0 Å². The highest BCUT2D eigenvalue weighted by Gasteiger charge is 2.43. The number of carbonyl (C=O) groups is 3. The smallest absolute Gasteiger partial charge is 0.262 e. The van der Waals surface area contributed by atoms with Gasteiger partial charge < -0.3 is 9.90 Å². The Labute approximate surface area is 104 Å². The van der Waals surface area contributed by atoms with Gasteiger partial charge in [-0.1, -0.05) is 6.42 Å². The van der Waals surface area contributed by atoms with Crippen molar-refractivity contribution in [3.05, 3.63) is 12.2 Å². The highest BCUT2D eigenvalue weighted by Crippen LogP contribution is 2.48. The summed E-state index contributed by atoms with van der Waals surface area (Å²) >= 11 is 0. The molecule has 2 saturated carbocycles. The fraction of sp³-hybridized carbons (Fsp3) is 0.583. The molecule has 0 heterocycles. The average Bonchev–Trinajstić information content (AvgIpc) is 2.95. The number of hydrogen-bond donors (Lipinski definition) is 2. The third-order valence-corrected chi connectivity index (χ3v) is 3.75. The normalized spacial score (nSPS) is 29.4. The summed E-state index contributed by atoms with van der Waals surface area (Å²) in [5, 5.41) is 10.1. The number of nitrogens with one attached hydrogen (secondary N) is 2. The fourth-order valence-corrected chi connectivity index (χ4v) is 2.97. The topological polar surface area (TPSA) is 98.3 Å². The van der Waals surface area contributed by atoms with Crippen molar-refractivity contribution in [3.63, 3.8) is 0 Å². The number of hydrazine groups is 1. The minimum absolute atomic E-state index is 0.0193. The molecule has 18 heavy (non-hydrogen) atoms. The molecule has 3 atom stereocenters. The first-order chi connectivity index (χ1) is 8.56. The Hall–Kier alpha value is -1.85. The summed E-state index contributed by atoms with van der Waals surface area (Å²) in [6, 6.07) is 0. The van der Waals surface area contributed by atoms with Crippen molar-refractivity contribution in [2.75, 3.05) is 0 Å². The van der Waals surface area contributed by atoms with Gasteiger partial charge in [0, 0.05) is 12.0 Å². The zero-order valence-corrected chi connectivity index (χ0v) is 9.85. The van der Waals surface area contributed by atoms with Gasteiger partial charge in [-0.05, 0) is 37.2 Å². The monoisotopic (exact) mass is 251 g/mol. The molecule has 0 aliphatic heterocycles. The number of hydrogen-bond acceptors (Lipinski definition) is 4. The molecule has 98 valence electrons. The van der Waals surface area contributed by atoms with Gasteiger partial charge in [-0.15, -0.1) is 0 Å². The lowest BCUT2D eigenvalue weighted by Gasteiger charge is -2.20. The Balaban J connectivity index is 1.75. The Bertz CT molecular complexity index is 405. The summed E-state index contributed by atoms with van der Waals surface area (Å²) in [5.41, 5.74) is 4.49. The van der Waals surface area contributed by atoms with E-state index >= 15 is 0 Å². The summed E-state index contributed by atoms with van der Waals surface area (Å²) < 4.78 is 0. The lowest BCUT2D eigenvalue weighted by Crippen LogP contribution is -2.45. The Morgan fingerprint density at radius 3 is 2.39 bits per heavy atom. The van der Waals surface area contributed by atoms with E-state index in [0.29, 0.717) is 17.9 Å². The van der Waals surface area contributed by atoms with Crippen LogP contribution in [0.25, 0.3) is 0 Å². The SMILES string of the molecule is O=C([O-])/C=C/C(=O)NNC(=O)[C@H]1C[C@@H]2CC[C@@H]1C2. The molecular formula is C12H15N2O4-. The maximum absolute atomic E-state index is 11.8. The van der Waals surface area contributed by atoms with Crippen LogP contribution >= 0.6 is 0 Å². The summed E-state index contributed by atoms with van der Waals surface area (Å²) in [6.45, 7) is 0. The fourth-order valence-electron chi connectivity index (χ4n) is 2.97. The zero-order valence-electron chi connectivity index (χ0n) is 9.85. The number of rotatable bonds is 3. The first-order valence-electron chi connectivity index (χ1n) is 6.05. The molecule has 0 aromatic carbocycles. The third-order valence-electron chi connectivity index (χ3n) is 3.75. The number of carbonyl (C=O) groups excluding carboxylic acids is 3. The van der Waals surface area contributed by atoms with Gasteiger partial charge in [0.15, 0.2) is 0 Å². The highest BCUT2D eigenvalue weighted by molar-refractivity contribution is 5.94. The predicted octanol–water partition coefficient (Wildman–Crippen LogP) is -1.12. The van der Waals surface area contributed by atoms with Gasteiger partial charge in [-0.3, -0.25) is 20.4 Å². The van der Waals surface area contributed by atoms with Crippen molar-refractivity contribution in [2.24, 2.45) is 17.8 Å². The van der Waals surface area contributed by atoms with Crippen molar-refractivity contribution < 1.29 is 19.5 Å². The molecule has 0 unspecified atom stereocenters. The summed E-state index contributed by atoms with van der Waals surface area (Å²) in [5.74, 6) is -1.25. The molecule has 2 bridgehead atoms. The van der Waals surface area contributed by atoms with E-state index in [2.05, 4.69) is 10.9 Å². The van der Waals surface area contributed by atoms with Crippen LogP contribution in [0.3, 0.4) is 0 Å². The van der Waals surface area contributed by atoms with E-state index in [0.717, 1.165) is 25.3 Å². The quantitative estimate of drug-likeness (QED) is 0.490. The molecule has 2 aliphatic carbocycles. The van der Waals surface area contributed by atoms with E-state index in [1.54, 1.807) is 0 Å². The van der Waals surface area contributed by atoms with Crippen LogP contribution in [0.4, 0.5) is 0 Å². The van der Waals surface area contributed by atoms with Crippen molar-refractivity contribution in [2.45, 2.75) is 25.7 Å². The van der Waals surface area contributed by atoms with Crippen LogP contribution in [0.1, 0.15) is 25.7 Å². The lowest BCUT2D eigenvalue weighted by molar-refractivity contribution is -0.297. The van der Waals surface area contributed by atoms with E-state index in [-0.39, 0.29) is 11.8 Å². The second-order valence-corrected chi connectivity index (χ2v) is 4.91. The number of carboxylic acids is 1. The molecular weight excluding hydrogens is 236 g/mol. The van der Waals surface area contributed by atoms with Gasteiger partial charge in [-0.2, -0.15) is 0 Å². The molecule has 2 fully saturated rings. The molecule has 2 aliphatic rings. The number of carboxylic acid groups (broad SMARTS) is 1. The molecule has 2 rings (SSSR count). The maximum atomic E-state index is 11.8. The van der Waals surface area contributed by atoms with Gasteiger partial charge in [0.05, 0.1) is 5.97 Å².